The van der Waals surface area contributed by atoms with Crippen molar-refractivity contribution in [3.8, 4) is 0 Å². The van der Waals surface area contributed by atoms with Gasteiger partial charge in [-0.3, -0.25) is 9.59 Å². The Kier molecular flexibility index (Phi) is 11.1. The van der Waals surface area contributed by atoms with Gasteiger partial charge in [0, 0.05) is 12.8 Å². The van der Waals surface area contributed by atoms with E-state index in [0.29, 0.717) is 44.4 Å². The Morgan fingerprint density at radius 1 is 0.509 bits per heavy atom. The maximum atomic E-state index is 12.5. The molecule has 0 aromatic carbocycles. The Labute approximate surface area is 342 Å². The van der Waals surface area contributed by atoms with E-state index >= 15 is 0 Å². The van der Waals surface area contributed by atoms with E-state index in [1.165, 1.54) is 0 Å². The van der Waals surface area contributed by atoms with Gasteiger partial charge in [0.05, 0.1) is 30.5 Å². The summed E-state index contributed by atoms with van der Waals surface area (Å²) in [5.41, 5.74) is -1.08. The highest BCUT2D eigenvalue weighted by Gasteiger charge is 2.72. The van der Waals surface area contributed by atoms with Gasteiger partial charge in [-0.1, -0.05) is 48.0 Å². The third-order valence-corrected chi connectivity index (χ3v) is 21.6. The van der Waals surface area contributed by atoms with Crippen molar-refractivity contribution in [2.24, 2.45) is 105 Å². The Morgan fingerprint density at radius 2 is 0.965 bits per heavy atom. The highest BCUT2D eigenvalue weighted by molar-refractivity contribution is 5.66. The first-order chi connectivity index (χ1) is 26.8. The summed E-state index contributed by atoms with van der Waals surface area (Å²) >= 11 is 0. The second kappa shape index (κ2) is 15.0. The summed E-state index contributed by atoms with van der Waals surface area (Å²) in [6.45, 7) is 13.8. The van der Waals surface area contributed by atoms with E-state index in [2.05, 4.69) is 41.5 Å². The number of aliphatic hydroxyl groups excluding tert-OH is 5. The third-order valence-electron chi connectivity index (χ3n) is 21.6. The fourth-order valence-corrected chi connectivity index (χ4v) is 18.9. The molecule has 0 bridgehead atoms. The molecule has 9 nitrogen and oxygen atoms in total. The van der Waals surface area contributed by atoms with Crippen LogP contribution in [-0.4, -0.2) is 78.2 Å². The number of rotatable bonds is 9. The number of hydrogen-bond acceptors (Lipinski definition) is 7. The molecular weight excluding hydrogens is 721 g/mol. The molecule has 9 heteroatoms. The van der Waals surface area contributed by atoms with Gasteiger partial charge < -0.3 is 35.7 Å². The van der Waals surface area contributed by atoms with Crippen molar-refractivity contribution in [2.45, 2.75) is 181 Å². The first kappa shape index (κ1) is 42.4. The summed E-state index contributed by atoms with van der Waals surface area (Å²) in [6, 6.07) is 0. The van der Waals surface area contributed by atoms with Crippen molar-refractivity contribution in [2.75, 3.05) is 0 Å². The fraction of sp³-hybridized carbons (Fsp3) is 0.958. The molecule has 0 aliphatic heterocycles. The normalized spacial score (nSPS) is 55.2. The lowest BCUT2D eigenvalue weighted by Gasteiger charge is -2.70. The van der Waals surface area contributed by atoms with Crippen molar-refractivity contribution >= 4 is 11.9 Å². The van der Waals surface area contributed by atoms with Gasteiger partial charge in [-0.25, -0.2) is 0 Å². The Morgan fingerprint density at radius 3 is 1.44 bits per heavy atom. The number of carboxylic acid groups (broad SMARTS) is 2. The summed E-state index contributed by atoms with van der Waals surface area (Å²) in [6.07, 6.45) is 10.2. The molecule has 23 unspecified atom stereocenters. The predicted molar refractivity (Wildman–Crippen MR) is 216 cm³/mol. The highest BCUT2D eigenvalue weighted by Crippen LogP contribution is 2.75. The van der Waals surface area contributed by atoms with Crippen molar-refractivity contribution in [3.05, 3.63) is 0 Å². The number of carboxylic acids is 2. The van der Waals surface area contributed by atoms with E-state index < -0.39 is 42.5 Å². The van der Waals surface area contributed by atoms with E-state index in [1.54, 1.807) is 0 Å². The van der Waals surface area contributed by atoms with Gasteiger partial charge in [0.25, 0.3) is 0 Å². The number of fused-ring (bicyclic) bond motifs is 10. The van der Waals surface area contributed by atoms with Crippen LogP contribution in [0, 0.1) is 105 Å². The van der Waals surface area contributed by atoms with Crippen molar-refractivity contribution < 1.29 is 45.3 Å². The highest BCUT2D eigenvalue weighted by atomic mass is 16.4. The average molecular weight is 799 g/mol. The van der Waals surface area contributed by atoms with E-state index in [-0.39, 0.29) is 111 Å². The standard InChI is InChI=1S/C48H78O9/c1-24(10-16-41(54)55)29-12-14-32-43-35(22-39(52)47(29,32)5)45(3)26(19-37(43)50)8-7-9-31(45)34-21-28(49)18-27-20-38(51)44-33-15-13-30(25(2)11-17-42(56)57)48(33,6)40(53)23-36(44)46(27,34)4/h24-40,43-44,49-53H,7-23H2,1-6H3,(H,54,55)(H,56,57). The SMILES string of the molecule is CC(CCC(=O)O)C1CCC2C3C(O)CC4CCCC(C5CC(O)CC6CC(O)C7C8CCC(C(C)CCC(=O)O)C8(C)C(O)CC7C65C)C4(C)C3CC(O)C12C. The molecule has 8 aliphatic carbocycles. The quantitative estimate of drug-likeness (QED) is 0.125. The van der Waals surface area contributed by atoms with Crippen molar-refractivity contribution in [1.29, 1.82) is 0 Å². The number of aliphatic hydroxyl groups is 5. The first-order valence-electron chi connectivity index (χ1n) is 23.6. The molecule has 7 N–H and O–H groups in total. The molecular formula is C48H78O9. The van der Waals surface area contributed by atoms with Gasteiger partial charge in [-0.15, -0.1) is 0 Å². The monoisotopic (exact) mass is 799 g/mol. The average Bonchev–Trinajstić information content (AvgIpc) is 3.69. The van der Waals surface area contributed by atoms with Crippen molar-refractivity contribution in [3.63, 3.8) is 0 Å². The molecule has 0 heterocycles. The van der Waals surface area contributed by atoms with Gasteiger partial charge in [0.2, 0.25) is 0 Å². The summed E-state index contributed by atoms with van der Waals surface area (Å²) in [5.74, 6) is 0.898. The number of aliphatic carboxylic acids is 2. The van der Waals surface area contributed by atoms with Crippen molar-refractivity contribution in [1.82, 2.24) is 0 Å². The summed E-state index contributed by atoms with van der Waals surface area (Å²) in [7, 11) is 0. The second-order valence-corrected chi connectivity index (χ2v) is 23.0. The second-order valence-electron chi connectivity index (χ2n) is 23.0. The molecule has 0 saturated heterocycles. The van der Waals surface area contributed by atoms with Gasteiger partial charge >= 0.3 is 11.9 Å². The van der Waals surface area contributed by atoms with Crippen LogP contribution in [0.25, 0.3) is 0 Å². The van der Waals surface area contributed by atoms with Crippen LogP contribution >= 0.6 is 0 Å². The maximum Gasteiger partial charge on any atom is 0.303 e. The smallest absolute Gasteiger partial charge is 0.303 e. The topological polar surface area (TPSA) is 176 Å². The van der Waals surface area contributed by atoms with E-state index in [4.69, 9.17) is 0 Å². The first-order valence-corrected chi connectivity index (χ1v) is 23.6. The van der Waals surface area contributed by atoms with E-state index in [9.17, 15) is 45.3 Å². The third kappa shape index (κ3) is 6.20. The molecule has 0 amide bonds. The zero-order valence-corrected chi connectivity index (χ0v) is 35.9. The van der Waals surface area contributed by atoms with Gasteiger partial charge in [0.15, 0.2) is 0 Å². The van der Waals surface area contributed by atoms with Gasteiger partial charge in [0.1, 0.15) is 0 Å². The lowest BCUT2D eigenvalue weighted by molar-refractivity contribution is -0.259. The summed E-state index contributed by atoms with van der Waals surface area (Å²) in [4.78, 5) is 23.1. The minimum Gasteiger partial charge on any atom is -0.481 e. The van der Waals surface area contributed by atoms with Crippen LogP contribution in [0.15, 0.2) is 0 Å². The lowest BCUT2D eigenvalue weighted by atomic mass is 9.35. The molecule has 0 aromatic rings. The molecule has 8 rings (SSSR count). The van der Waals surface area contributed by atoms with Gasteiger partial charge in [-0.2, -0.15) is 0 Å². The van der Waals surface area contributed by atoms with Crippen LogP contribution in [0.4, 0.5) is 0 Å². The van der Waals surface area contributed by atoms with Crippen LogP contribution in [0.3, 0.4) is 0 Å². The van der Waals surface area contributed by atoms with Crippen LogP contribution in [0.5, 0.6) is 0 Å². The molecule has 8 saturated carbocycles. The Bertz CT molecular complexity index is 1520. The molecule has 0 spiro atoms. The number of carbonyl (C=O) groups is 2. The molecule has 0 aromatic heterocycles. The zero-order valence-electron chi connectivity index (χ0n) is 35.9. The minimum absolute atomic E-state index is 0.0536. The summed E-state index contributed by atoms with van der Waals surface area (Å²) in [5, 5.41) is 80.2. The lowest BCUT2D eigenvalue weighted by Crippen LogP contribution is -2.68. The molecule has 0 radical (unpaired) electrons. The fourth-order valence-electron chi connectivity index (χ4n) is 18.9. The van der Waals surface area contributed by atoms with E-state index in [0.717, 1.165) is 57.8 Å². The number of hydrogen-bond donors (Lipinski definition) is 7. The predicted octanol–water partition coefficient (Wildman–Crippen LogP) is 7.39. The van der Waals surface area contributed by atoms with Crippen LogP contribution in [0.1, 0.15) is 151 Å². The molecule has 324 valence electrons. The maximum absolute atomic E-state index is 12.5. The molecule has 8 fully saturated rings. The van der Waals surface area contributed by atoms with Gasteiger partial charge in [-0.05, 0) is 194 Å². The molecule has 8 aliphatic rings. The largest absolute Gasteiger partial charge is 0.481 e. The minimum atomic E-state index is -0.776. The van der Waals surface area contributed by atoms with E-state index in [1.807, 2.05) is 0 Å². The zero-order chi connectivity index (χ0) is 41.1. The summed E-state index contributed by atoms with van der Waals surface area (Å²) < 4.78 is 0. The molecule has 23 atom stereocenters. The van der Waals surface area contributed by atoms with Crippen LogP contribution < -0.4 is 0 Å². The van der Waals surface area contributed by atoms with Crippen LogP contribution in [-0.2, 0) is 9.59 Å². The van der Waals surface area contributed by atoms with Crippen LogP contribution in [0.2, 0.25) is 0 Å². The Hall–Kier alpha value is -1.26. The Balaban J connectivity index is 1.13. The molecule has 57 heavy (non-hydrogen) atoms.